The third-order valence-corrected chi connectivity index (χ3v) is 4.78. The van der Waals surface area contributed by atoms with Crippen molar-refractivity contribution in [3.8, 4) is 0 Å². The van der Waals surface area contributed by atoms with Crippen molar-refractivity contribution >= 4 is 23.6 Å². The van der Waals surface area contributed by atoms with Gasteiger partial charge in [-0.25, -0.2) is 9.78 Å². The molecule has 0 aromatic carbocycles. The van der Waals surface area contributed by atoms with Crippen molar-refractivity contribution in [2.24, 2.45) is 0 Å². The van der Waals surface area contributed by atoms with E-state index in [1.165, 1.54) is 12.1 Å². The van der Waals surface area contributed by atoms with Gasteiger partial charge in [-0.15, -0.1) is 0 Å². The maximum absolute atomic E-state index is 11.9. The number of carbonyl (C=O) groups excluding carboxylic acids is 1. The fraction of sp³-hybridized carbons (Fsp3) is 0.462. The number of carbonyl (C=O) groups is 2. The van der Waals surface area contributed by atoms with Gasteiger partial charge in [0.25, 0.3) is 5.91 Å². The van der Waals surface area contributed by atoms with Crippen LogP contribution in [0.15, 0.2) is 12.1 Å². The predicted molar refractivity (Wildman–Crippen MR) is 73.7 cm³/mol. The zero-order chi connectivity index (χ0) is 14.0. The summed E-state index contributed by atoms with van der Waals surface area (Å²) < 4.78 is 0.200. The van der Waals surface area contributed by atoms with E-state index in [9.17, 15) is 9.59 Å². The molecule has 0 aliphatic heterocycles. The summed E-state index contributed by atoms with van der Waals surface area (Å²) in [5, 5.41) is 11.8. The highest BCUT2D eigenvalue weighted by Gasteiger charge is 2.42. The molecule has 2 N–H and O–H groups in total. The number of thioether (sulfide) groups is 1. The highest BCUT2D eigenvalue weighted by atomic mass is 32.2. The van der Waals surface area contributed by atoms with E-state index in [0.717, 1.165) is 12.8 Å². The normalized spacial score (nSPS) is 15.9. The lowest BCUT2D eigenvalue weighted by Gasteiger charge is -2.13. The van der Waals surface area contributed by atoms with E-state index in [-0.39, 0.29) is 21.9 Å². The van der Waals surface area contributed by atoms with Gasteiger partial charge in [-0.1, -0.05) is 0 Å². The number of amides is 1. The molecule has 1 saturated carbocycles. The van der Waals surface area contributed by atoms with Crippen LogP contribution >= 0.6 is 11.8 Å². The zero-order valence-corrected chi connectivity index (χ0v) is 11.7. The summed E-state index contributed by atoms with van der Waals surface area (Å²) in [5.74, 6) is -1.28. The van der Waals surface area contributed by atoms with E-state index >= 15 is 0 Å². The molecule has 6 heteroatoms. The molecule has 1 aliphatic carbocycles. The summed E-state index contributed by atoms with van der Waals surface area (Å²) in [5.41, 5.74) is 0.741. The Kier molecular flexibility index (Phi) is 3.80. The van der Waals surface area contributed by atoms with Crippen LogP contribution in [0.5, 0.6) is 0 Å². The number of hydrogen-bond donors (Lipinski definition) is 2. The molecule has 0 saturated heterocycles. The Morgan fingerprint density at radius 2 is 2.16 bits per heavy atom. The zero-order valence-electron chi connectivity index (χ0n) is 10.9. The van der Waals surface area contributed by atoms with Gasteiger partial charge in [0.1, 0.15) is 5.69 Å². The van der Waals surface area contributed by atoms with E-state index in [2.05, 4.69) is 10.3 Å². The maximum Gasteiger partial charge on any atom is 0.337 e. The van der Waals surface area contributed by atoms with Gasteiger partial charge in [0.2, 0.25) is 0 Å². The molecule has 0 atom stereocenters. The standard InChI is InChI=1S/C13H16N2O3S/c1-8-9(12(17)18)3-4-10(15-8)11(16)14-7-13(19-2)5-6-13/h3-4H,5-7H2,1-2H3,(H,14,16)(H,17,18). The average molecular weight is 280 g/mol. The van der Waals surface area contributed by atoms with Crippen LogP contribution in [-0.4, -0.2) is 39.5 Å². The van der Waals surface area contributed by atoms with Crippen molar-refractivity contribution in [3.05, 3.63) is 29.1 Å². The summed E-state index contributed by atoms with van der Waals surface area (Å²) in [7, 11) is 0. The SMILES string of the molecule is CSC1(CNC(=O)c2ccc(C(=O)O)c(C)n2)CC1. The van der Waals surface area contributed by atoms with Crippen LogP contribution in [0.1, 0.15) is 39.4 Å². The smallest absolute Gasteiger partial charge is 0.337 e. The number of rotatable bonds is 5. The quantitative estimate of drug-likeness (QED) is 0.858. The van der Waals surface area contributed by atoms with E-state index in [1.807, 2.05) is 6.26 Å². The molecule has 2 rings (SSSR count). The van der Waals surface area contributed by atoms with Gasteiger partial charge in [-0.2, -0.15) is 11.8 Å². The number of pyridine rings is 1. The second-order valence-corrected chi connectivity index (χ2v) is 5.98. The number of aryl methyl sites for hydroxylation is 1. The Morgan fingerprint density at radius 1 is 1.47 bits per heavy atom. The molecule has 5 nitrogen and oxygen atoms in total. The van der Waals surface area contributed by atoms with Gasteiger partial charge >= 0.3 is 5.97 Å². The number of aromatic carboxylic acids is 1. The van der Waals surface area contributed by atoms with Crippen LogP contribution in [0.3, 0.4) is 0 Å². The summed E-state index contributed by atoms with van der Waals surface area (Å²) >= 11 is 1.77. The van der Waals surface area contributed by atoms with Crippen LogP contribution in [0, 0.1) is 6.92 Å². The number of aromatic nitrogens is 1. The second kappa shape index (κ2) is 5.21. The summed E-state index contributed by atoms with van der Waals surface area (Å²) in [6.07, 6.45) is 4.29. The van der Waals surface area contributed by atoms with Crippen LogP contribution in [0.25, 0.3) is 0 Å². The fourth-order valence-corrected chi connectivity index (χ4v) is 2.56. The van der Waals surface area contributed by atoms with Crippen molar-refractivity contribution in [1.82, 2.24) is 10.3 Å². The number of hydrogen-bond acceptors (Lipinski definition) is 4. The second-order valence-electron chi connectivity index (χ2n) is 4.70. The van der Waals surface area contributed by atoms with Crippen LogP contribution in [0.4, 0.5) is 0 Å². The molecule has 0 spiro atoms. The van der Waals surface area contributed by atoms with Crippen molar-refractivity contribution in [2.45, 2.75) is 24.5 Å². The Bertz CT molecular complexity index is 527. The molecule has 1 aromatic rings. The first-order chi connectivity index (χ1) is 8.97. The first-order valence-electron chi connectivity index (χ1n) is 6.02. The van der Waals surface area contributed by atoms with E-state index in [0.29, 0.717) is 12.2 Å². The lowest BCUT2D eigenvalue weighted by Crippen LogP contribution is -2.32. The third-order valence-electron chi connectivity index (χ3n) is 3.36. The molecule has 0 radical (unpaired) electrons. The number of carboxylic acid groups (broad SMARTS) is 1. The predicted octanol–water partition coefficient (Wildman–Crippen LogP) is 1.71. The summed E-state index contributed by atoms with van der Waals surface area (Å²) in [4.78, 5) is 26.8. The van der Waals surface area contributed by atoms with Gasteiger partial charge in [-0.05, 0) is 38.2 Å². The lowest BCUT2D eigenvalue weighted by molar-refractivity contribution is 0.0694. The highest BCUT2D eigenvalue weighted by molar-refractivity contribution is 8.00. The minimum atomic E-state index is -1.03. The Morgan fingerprint density at radius 3 is 2.63 bits per heavy atom. The molecule has 1 amide bonds. The third kappa shape index (κ3) is 3.07. The van der Waals surface area contributed by atoms with Crippen molar-refractivity contribution < 1.29 is 14.7 Å². The Hall–Kier alpha value is -1.56. The van der Waals surface area contributed by atoms with Gasteiger partial charge in [0.15, 0.2) is 0 Å². The summed E-state index contributed by atoms with van der Waals surface area (Å²) in [6, 6.07) is 2.87. The molecule has 19 heavy (non-hydrogen) atoms. The van der Waals surface area contributed by atoms with Gasteiger partial charge in [-0.3, -0.25) is 4.79 Å². The molecule has 1 fully saturated rings. The van der Waals surface area contributed by atoms with E-state index in [1.54, 1.807) is 18.7 Å². The molecule has 1 aromatic heterocycles. The fourth-order valence-electron chi connectivity index (χ4n) is 1.84. The number of nitrogens with one attached hydrogen (secondary N) is 1. The number of carboxylic acids is 1. The van der Waals surface area contributed by atoms with Gasteiger partial charge in [0, 0.05) is 11.3 Å². The molecule has 1 aliphatic rings. The molecule has 0 unspecified atom stereocenters. The van der Waals surface area contributed by atoms with Crippen LogP contribution in [0.2, 0.25) is 0 Å². The lowest BCUT2D eigenvalue weighted by atomic mass is 10.2. The van der Waals surface area contributed by atoms with E-state index in [4.69, 9.17) is 5.11 Å². The minimum Gasteiger partial charge on any atom is -0.478 e. The monoisotopic (exact) mass is 280 g/mol. The number of nitrogens with zero attached hydrogens (tertiary/aromatic N) is 1. The highest BCUT2D eigenvalue weighted by Crippen LogP contribution is 2.46. The molecule has 0 bridgehead atoms. The molecule has 102 valence electrons. The first kappa shape index (κ1) is 13.9. The largest absolute Gasteiger partial charge is 0.478 e. The van der Waals surface area contributed by atoms with Crippen molar-refractivity contribution in [2.75, 3.05) is 12.8 Å². The van der Waals surface area contributed by atoms with E-state index < -0.39 is 5.97 Å². The topological polar surface area (TPSA) is 79.3 Å². The maximum atomic E-state index is 11.9. The minimum absolute atomic E-state index is 0.124. The van der Waals surface area contributed by atoms with Crippen LogP contribution in [-0.2, 0) is 0 Å². The molecular formula is C13H16N2O3S. The summed E-state index contributed by atoms with van der Waals surface area (Å²) in [6.45, 7) is 2.22. The first-order valence-corrected chi connectivity index (χ1v) is 7.24. The van der Waals surface area contributed by atoms with Gasteiger partial charge in [0.05, 0.1) is 11.3 Å². The Labute approximate surface area is 115 Å². The van der Waals surface area contributed by atoms with Crippen LogP contribution < -0.4 is 5.32 Å². The Balaban J connectivity index is 2.03. The van der Waals surface area contributed by atoms with Gasteiger partial charge < -0.3 is 10.4 Å². The molecule has 1 heterocycles. The molecular weight excluding hydrogens is 264 g/mol. The van der Waals surface area contributed by atoms with Crippen molar-refractivity contribution in [3.63, 3.8) is 0 Å². The average Bonchev–Trinajstić information content (AvgIpc) is 3.16. The van der Waals surface area contributed by atoms with Crippen molar-refractivity contribution in [1.29, 1.82) is 0 Å².